The van der Waals surface area contributed by atoms with Gasteiger partial charge in [-0.1, -0.05) is 36.4 Å². The molecule has 0 saturated carbocycles. The minimum Gasteiger partial charge on any atom is -0.497 e. The minimum absolute atomic E-state index is 0.137. The number of nitrogens with one attached hydrogen (secondary N) is 1. The van der Waals surface area contributed by atoms with Crippen molar-refractivity contribution in [3.63, 3.8) is 0 Å². The second-order valence-corrected chi connectivity index (χ2v) is 8.83. The molecule has 0 radical (unpaired) electrons. The van der Waals surface area contributed by atoms with Crippen molar-refractivity contribution in [2.24, 2.45) is 0 Å². The zero-order valence-electron chi connectivity index (χ0n) is 19.5. The molecule has 4 rings (SSSR count). The number of rotatable bonds is 8. The Morgan fingerprint density at radius 3 is 2.50 bits per heavy atom. The summed E-state index contributed by atoms with van der Waals surface area (Å²) in [5, 5.41) is 5.37. The number of methoxy groups -OCH3 is 1. The Bertz CT molecular complexity index is 1120. The highest BCUT2D eigenvalue weighted by atomic mass is 32.1. The molecule has 34 heavy (non-hydrogen) atoms. The van der Waals surface area contributed by atoms with Crippen LogP contribution in [-0.4, -0.2) is 63.2 Å². The normalized spacial score (nSPS) is 14.0. The lowest BCUT2D eigenvalue weighted by atomic mass is 10.0. The third-order valence-corrected chi connectivity index (χ3v) is 6.66. The smallest absolute Gasteiger partial charge is 0.341 e. The number of hydrogen-bond donors (Lipinski definition) is 1. The second kappa shape index (κ2) is 11.2. The zero-order chi connectivity index (χ0) is 23.9. The van der Waals surface area contributed by atoms with Crippen LogP contribution < -0.4 is 15.0 Å². The number of nitrogens with zero attached hydrogens (tertiary/aromatic N) is 2. The number of hydrogen-bond acceptors (Lipinski definition) is 7. The van der Waals surface area contributed by atoms with E-state index < -0.39 is 5.97 Å². The number of thiophene rings is 1. The van der Waals surface area contributed by atoms with Crippen LogP contribution >= 0.6 is 11.3 Å². The first-order valence-corrected chi connectivity index (χ1v) is 12.2. The summed E-state index contributed by atoms with van der Waals surface area (Å²) in [7, 11) is 1.67. The van der Waals surface area contributed by atoms with E-state index in [0.717, 1.165) is 48.7 Å². The van der Waals surface area contributed by atoms with Crippen LogP contribution in [0.25, 0.3) is 11.1 Å². The van der Waals surface area contributed by atoms with E-state index in [1.54, 1.807) is 14.0 Å². The predicted octanol–water partition coefficient (Wildman–Crippen LogP) is 4.36. The van der Waals surface area contributed by atoms with Gasteiger partial charge in [-0.05, 0) is 24.6 Å². The third kappa shape index (κ3) is 5.58. The number of anilines is 2. The van der Waals surface area contributed by atoms with Gasteiger partial charge in [-0.3, -0.25) is 9.69 Å². The lowest BCUT2D eigenvalue weighted by molar-refractivity contribution is -0.117. The highest BCUT2D eigenvalue weighted by Crippen LogP contribution is 2.36. The van der Waals surface area contributed by atoms with Crippen molar-refractivity contribution in [3.05, 3.63) is 65.5 Å². The molecular formula is C26H29N3O4S. The number of ether oxygens (including phenoxy) is 2. The van der Waals surface area contributed by atoms with Gasteiger partial charge in [0.2, 0.25) is 5.91 Å². The van der Waals surface area contributed by atoms with Crippen molar-refractivity contribution in [3.8, 4) is 16.9 Å². The number of amides is 1. The van der Waals surface area contributed by atoms with Crippen LogP contribution in [0.3, 0.4) is 0 Å². The molecule has 8 heteroatoms. The van der Waals surface area contributed by atoms with Crippen molar-refractivity contribution in [1.82, 2.24) is 4.90 Å². The van der Waals surface area contributed by atoms with E-state index in [2.05, 4.69) is 21.2 Å². The van der Waals surface area contributed by atoms with Gasteiger partial charge in [0.15, 0.2) is 0 Å². The lowest BCUT2D eigenvalue weighted by Crippen LogP contribution is -2.48. The summed E-state index contributed by atoms with van der Waals surface area (Å²) in [6.07, 6.45) is 0. The van der Waals surface area contributed by atoms with Crippen LogP contribution in [0.5, 0.6) is 5.75 Å². The van der Waals surface area contributed by atoms with Crippen LogP contribution in [0, 0.1) is 0 Å². The average Bonchev–Trinajstić information content (AvgIpc) is 3.28. The molecule has 1 aliphatic heterocycles. The molecule has 0 aliphatic carbocycles. The summed E-state index contributed by atoms with van der Waals surface area (Å²) in [6.45, 7) is 5.51. The fourth-order valence-corrected chi connectivity index (χ4v) is 5.00. The van der Waals surface area contributed by atoms with Gasteiger partial charge < -0.3 is 19.7 Å². The van der Waals surface area contributed by atoms with Crippen LogP contribution in [0.2, 0.25) is 0 Å². The van der Waals surface area contributed by atoms with Crippen molar-refractivity contribution < 1.29 is 19.1 Å². The van der Waals surface area contributed by atoms with E-state index >= 15 is 0 Å². The highest BCUT2D eigenvalue weighted by Gasteiger charge is 2.24. The van der Waals surface area contributed by atoms with E-state index in [1.807, 2.05) is 53.9 Å². The lowest BCUT2D eigenvalue weighted by Gasteiger charge is -2.35. The fraction of sp³-hybridized carbons (Fsp3) is 0.308. The van der Waals surface area contributed by atoms with Gasteiger partial charge in [-0.25, -0.2) is 4.79 Å². The molecule has 178 valence electrons. The van der Waals surface area contributed by atoms with E-state index in [9.17, 15) is 9.59 Å². The first-order chi connectivity index (χ1) is 16.6. The van der Waals surface area contributed by atoms with Crippen molar-refractivity contribution in [2.45, 2.75) is 6.92 Å². The number of benzene rings is 2. The van der Waals surface area contributed by atoms with Crippen LogP contribution in [0.1, 0.15) is 17.3 Å². The summed E-state index contributed by atoms with van der Waals surface area (Å²) in [5.41, 5.74) is 3.21. The number of carbonyl (C=O) groups is 2. The summed E-state index contributed by atoms with van der Waals surface area (Å²) in [4.78, 5) is 30.0. The predicted molar refractivity (Wildman–Crippen MR) is 136 cm³/mol. The molecule has 1 amide bonds. The van der Waals surface area contributed by atoms with E-state index in [-0.39, 0.29) is 19.1 Å². The summed E-state index contributed by atoms with van der Waals surface area (Å²) < 4.78 is 10.6. The molecule has 3 aromatic rings. The van der Waals surface area contributed by atoms with Gasteiger partial charge in [0, 0.05) is 48.9 Å². The fourth-order valence-electron chi connectivity index (χ4n) is 4.03. The summed E-state index contributed by atoms with van der Waals surface area (Å²) >= 11 is 1.35. The van der Waals surface area contributed by atoms with Gasteiger partial charge in [0.25, 0.3) is 0 Å². The monoisotopic (exact) mass is 479 g/mol. The number of carbonyl (C=O) groups excluding carboxylic acids is 2. The Morgan fingerprint density at radius 2 is 1.79 bits per heavy atom. The van der Waals surface area contributed by atoms with E-state index in [4.69, 9.17) is 9.47 Å². The van der Waals surface area contributed by atoms with Crippen molar-refractivity contribution in [2.75, 3.05) is 56.7 Å². The van der Waals surface area contributed by atoms with Gasteiger partial charge in [0.05, 0.1) is 20.3 Å². The zero-order valence-corrected chi connectivity index (χ0v) is 20.3. The average molecular weight is 480 g/mol. The molecule has 1 aliphatic rings. The molecule has 1 aromatic heterocycles. The quantitative estimate of drug-likeness (QED) is 0.484. The van der Waals surface area contributed by atoms with Crippen molar-refractivity contribution in [1.29, 1.82) is 0 Å². The number of esters is 1. The Hall–Kier alpha value is -3.36. The Kier molecular flexibility index (Phi) is 7.82. The summed E-state index contributed by atoms with van der Waals surface area (Å²) in [5.74, 6) is 0.272. The van der Waals surface area contributed by atoms with Crippen molar-refractivity contribution >= 4 is 33.9 Å². The molecular weight excluding hydrogens is 450 g/mol. The SMILES string of the molecule is CCOC(=O)c1c(-c2ccccc2)csc1NC(=O)CN1CCN(c2cccc(OC)c2)CC1. The molecule has 2 heterocycles. The topological polar surface area (TPSA) is 71.1 Å². The molecule has 1 N–H and O–H groups in total. The Balaban J connectivity index is 1.39. The van der Waals surface area contributed by atoms with Gasteiger partial charge in [-0.15, -0.1) is 11.3 Å². The minimum atomic E-state index is -0.426. The Labute approximate surface area is 203 Å². The van der Waals surface area contributed by atoms with Gasteiger partial charge >= 0.3 is 5.97 Å². The maximum absolute atomic E-state index is 12.9. The van der Waals surface area contributed by atoms with Gasteiger partial charge in [-0.2, -0.15) is 0 Å². The first kappa shape index (κ1) is 23.8. The van der Waals surface area contributed by atoms with E-state index in [1.165, 1.54) is 11.3 Å². The van der Waals surface area contributed by atoms with Gasteiger partial charge in [0.1, 0.15) is 16.3 Å². The molecule has 1 saturated heterocycles. The molecule has 0 atom stereocenters. The second-order valence-electron chi connectivity index (χ2n) is 7.95. The molecule has 0 unspecified atom stereocenters. The molecule has 2 aromatic carbocycles. The molecule has 0 bridgehead atoms. The maximum atomic E-state index is 12.9. The summed E-state index contributed by atoms with van der Waals surface area (Å²) in [6, 6.07) is 17.7. The maximum Gasteiger partial charge on any atom is 0.341 e. The largest absolute Gasteiger partial charge is 0.497 e. The van der Waals surface area contributed by atoms with Crippen LogP contribution in [0.4, 0.5) is 10.7 Å². The molecule has 0 spiro atoms. The van der Waals surface area contributed by atoms with E-state index in [0.29, 0.717) is 10.6 Å². The standard InChI is InChI=1S/C26H29N3O4S/c1-3-33-26(31)24-22(19-8-5-4-6-9-19)18-34-25(24)27-23(30)17-28-12-14-29(15-13-28)20-10-7-11-21(16-20)32-2/h4-11,16,18H,3,12-15,17H2,1-2H3,(H,27,30). The first-order valence-electron chi connectivity index (χ1n) is 11.3. The third-order valence-electron chi connectivity index (χ3n) is 5.77. The Morgan fingerprint density at radius 1 is 1.03 bits per heavy atom. The van der Waals surface area contributed by atoms with Crippen LogP contribution in [-0.2, 0) is 9.53 Å². The molecule has 1 fully saturated rings. The number of piperazine rings is 1. The van der Waals surface area contributed by atoms with Crippen LogP contribution in [0.15, 0.2) is 60.0 Å². The molecule has 7 nitrogen and oxygen atoms in total. The highest BCUT2D eigenvalue weighted by molar-refractivity contribution is 7.15.